The fourth-order valence-corrected chi connectivity index (χ4v) is 9.67. The zero-order valence-electron chi connectivity index (χ0n) is 27.1. The molecule has 0 saturated heterocycles. The van der Waals surface area contributed by atoms with Crippen LogP contribution in [0.15, 0.2) is 176 Å². The Morgan fingerprint density at radius 2 is 0.880 bits per heavy atom. The first kappa shape index (κ1) is 27.7. The molecule has 0 spiro atoms. The first-order valence-corrected chi connectivity index (χ1v) is 18.0. The number of benzene rings is 9. The predicted octanol–water partition coefficient (Wildman–Crippen LogP) is 13.9. The molecule has 0 radical (unpaired) electrons. The van der Waals surface area contributed by atoms with E-state index in [1.165, 1.54) is 102 Å². The van der Waals surface area contributed by atoms with Gasteiger partial charge in [-0.2, -0.15) is 0 Å². The number of aromatic nitrogens is 1. The third-order valence-electron chi connectivity index (χ3n) is 10.6. The largest absolute Gasteiger partial charge is 0.309 e. The third-order valence-corrected chi connectivity index (χ3v) is 11.8. The highest BCUT2D eigenvalue weighted by atomic mass is 32.1. The Morgan fingerprint density at radius 3 is 1.60 bits per heavy atom. The molecule has 232 valence electrons. The SMILES string of the molecule is c1ccc(-n2c3ccccc3c3cc(-c4c5ccccc5c(-c5ccc6c(c5)sc5c7ccccc7ccc65)c5ccccc45)ccc32)cc1. The van der Waals surface area contributed by atoms with Gasteiger partial charge >= 0.3 is 0 Å². The number of para-hydroxylation sites is 2. The zero-order chi connectivity index (χ0) is 32.8. The summed E-state index contributed by atoms with van der Waals surface area (Å²) in [5, 5.41) is 12.9. The Bertz CT molecular complexity index is 3090. The lowest BCUT2D eigenvalue weighted by Crippen LogP contribution is -1.93. The van der Waals surface area contributed by atoms with Crippen LogP contribution < -0.4 is 0 Å². The normalized spacial score (nSPS) is 12.0. The van der Waals surface area contributed by atoms with Gasteiger partial charge in [0.2, 0.25) is 0 Å². The van der Waals surface area contributed by atoms with E-state index in [1.807, 2.05) is 11.3 Å². The molecule has 50 heavy (non-hydrogen) atoms. The van der Waals surface area contributed by atoms with Crippen LogP contribution in [0.3, 0.4) is 0 Å². The lowest BCUT2D eigenvalue weighted by molar-refractivity contribution is 1.18. The fourth-order valence-electron chi connectivity index (χ4n) is 8.39. The van der Waals surface area contributed by atoms with Gasteiger partial charge in [0.05, 0.1) is 11.0 Å². The molecular formula is C48H29NS. The van der Waals surface area contributed by atoms with Gasteiger partial charge in [-0.3, -0.25) is 0 Å². The maximum atomic E-state index is 2.42. The molecule has 11 aromatic rings. The summed E-state index contributed by atoms with van der Waals surface area (Å²) >= 11 is 1.91. The molecule has 0 N–H and O–H groups in total. The average molecular weight is 652 g/mol. The van der Waals surface area contributed by atoms with Gasteiger partial charge < -0.3 is 4.57 Å². The second-order valence-electron chi connectivity index (χ2n) is 13.2. The Labute approximate surface area is 292 Å². The van der Waals surface area contributed by atoms with Crippen LogP contribution in [0.25, 0.3) is 102 Å². The number of rotatable bonds is 3. The second-order valence-corrected chi connectivity index (χ2v) is 14.3. The number of hydrogen-bond acceptors (Lipinski definition) is 1. The standard InChI is InChI=1S/C48H29NS/c1-2-13-33(14-3-1)49-43-21-11-10-16-35(43)42-28-31(24-27-44(42)49)46-37-17-6-8-19-39(37)47(40-20-9-7-18-38(40)46)32-23-25-36-41-26-22-30-12-4-5-15-34(30)48(41)50-45(36)29-32/h1-29H. The summed E-state index contributed by atoms with van der Waals surface area (Å²) in [4.78, 5) is 0. The van der Waals surface area contributed by atoms with E-state index < -0.39 is 0 Å². The summed E-state index contributed by atoms with van der Waals surface area (Å²) in [5.41, 5.74) is 8.69. The van der Waals surface area contributed by atoms with Crippen LogP contribution in [-0.4, -0.2) is 4.57 Å². The number of hydrogen-bond donors (Lipinski definition) is 0. The van der Waals surface area contributed by atoms with Crippen molar-refractivity contribution < 1.29 is 0 Å². The van der Waals surface area contributed by atoms with Crippen molar-refractivity contribution in [3.63, 3.8) is 0 Å². The Balaban J connectivity index is 1.17. The van der Waals surface area contributed by atoms with Gasteiger partial charge in [-0.15, -0.1) is 11.3 Å². The highest BCUT2D eigenvalue weighted by Gasteiger charge is 2.19. The van der Waals surface area contributed by atoms with E-state index in [-0.39, 0.29) is 0 Å². The molecule has 0 atom stereocenters. The minimum absolute atomic E-state index is 1.18. The summed E-state index contributed by atoms with van der Waals surface area (Å²) in [7, 11) is 0. The minimum atomic E-state index is 1.18. The van der Waals surface area contributed by atoms with Crippen molar-refractivity contribution in [3.05, 3.63) is 176 Å². The van der Waals surface area contributed by atoms with Crippen molar-refractivity contribution in [2.45, 2.75) is 0 Å². The van der Waals surface area contributed by atoms with Crippen molar-refractivity contribution in [1.82, 2.24) is 4.57 Å². The summed E-state index contributed by atoms with van der Waals surface area (Å²) in [6.45, 7) is 0. The van der Waals surface area contributed by atoms with Crippen molar-refractivity contribution >= 4 is 85.6 Å². The van der Waals surface area contributed by atoms with Crippen LogP contribution in [0, 0.1) is 0 Å². The Morgan fingerprint density at radius 1 is 0.340 bits per heavy atom. The molecule has 0 fully saturated rings. The van der Waals surface area contributed by atoms with Crippen LogP contribution in [0.4, 0.5) is 0 Å². The molecule has 9 aromatic carbocycles. The minimum Gasteiger partial charge on any atom is -0.309 e. The van der Waals surface area contributed by atoms with Gasteiger partial charge in [0, 0.05) is 36.6 Å². The van der Waals surface area contributed by atoms with Crippen molar-refractivity contribution in [1.29, 1.82) is 0 Å². The van der Waals surface area contributed by atoms with Gasteiger partial charge in [0.25, 0.3) is 0 Å². The van der Waals surface area contributed by atoms with E-state index >= 15 is 0 Å². The lowest BCUT2D eigenvalue weighted by Gasteiger charge is -2.18. The molecular weight excluding hydrogens is 623 g/mol. The second kappa shape index (κ2) is 10.6. The van der Waals surface area contributed by atoms with Crippen molar-refractivity contribution in [3.8, 4) is 27.9 Å². The molecule has 2 heterocycles. The average Bonchev–Trinajstić information content (AvgIpc) is 3.72. The summed E-state index contributed by atoms with van der Waals surface area (Å²) in [5.74, 6) is 0. The molecule has 2 heteroatoms. The quantitative estimate of drug-likeness (QED) is 0.168. The summed E-state index contributed by atoms with van der Waals surface area (Å²) in [6.07, 6.45) is 0. The number of thiophene rings is 1. The van der Waals surface area contributed by atoms with Crippen LogP contribution >= 0.6 is 11.3 Å². The predicted molar refractivity (Wildman–Crippen MR) is 217 cm³/mol. The molecule has 2 aromatic heterocycles. The first-order chi connectivity index (χ1) is 24.8. The molecule has 0 unspecified atom stereocenters. The van der Waals surface area contributed by atoms with Crippen LogP contribution in [0.2, 0.25) is 0 Å². The van der Waals surface area contributed by atoms with E-state index in [4.69, 9.17) is 0 Å². The lowest BCUT2D eigenvalue weighted by atomic mass is 9.85. The molecule has 0 bridgehead atoms. The topological polar surface area (TPSA) is 4.93 Å². The molecule has 11 rings (SSSR count). The maximum Gasteiger partial charge on any atom is 0.0541 e. The maximum absolute atomic E-state index is 2.42. The third kappa shape index (κ3) is 3.94. The zero-order valence-corrected chi connectivity index (χ0v) is 27.9. The highest BCUT2D eigenvalue weighted by molar-refractivity contribution is 7.26. The Hall–Kier alpha value is -6.22. The van der Waals surface area contributed by atoms with Crippen LogP contribution in [0.1, 0.15) is 0 Å². The monoisotopic (exact) mass is 651 g/mol. The molecule has 0 saturated carbocycles. The molecule has 0 aliphatic heterocycles. The van der Waals surface area contributed by atoms with Crippen LogP contribution in [-0.2, 0) is 0 Å². The van der Waals surface area contributed by atoms with Gasteiger partial charge in [-0.1, -0.05) is 140 Å². The molecule has 0 aliphatic rings. The fraction of sp³-hybridized carbons (Fsp3) is 0. The van der Waals surface area contributed by atoms with Gasteiger partial charge in [-0.05, 0) is 91.0 Å². The van der Waals surface area contributed by atoms with Crippen molar-refractivity contribution in [2.24, 2.45) is 0 Å². The van der Waals surface area contributed by atoms with E-state index in [0.29, 0.717) is 0 Å². The van der Waals surface area contributed by atoms with E-state index in [2.05, 4.69) is 180 Å². The smallest absolute Gasteiger partial charge is 0.0541 e. The summed E-state index contributed by atoms with van der Waals surface area (Å²) in [6, 6.07) is 64.9. The summed E-state index contributed by atoms with van der Waals surface area (Å²) < 4.78 is 5.08. The number of nitrogens with zero attached hydrogens (tertiary/aromatic N) is 1. The molecule has 0 aliphatic carbocycles. The van der Waals surface area contributed by atoms with E-state index in [0.717, 1.165) is 0 Å². The highest BCUT2D eigenvalue weighted by Crippen LogP contribution is 2.47. The van der Waals surface area contributed by atoms with E-state index in [1.54, 1.807) is 0 Å². The van der Waals surface area contributed by atoms with Gasteiger partial charge in [0.1, 0.15) is 0 Å². The molecule has 0 amide bonds. The van der Waals surface area contributed by atoms with Crippen molar-refractivity contribution in [2.75, 3.05) is 0 Å². The Kier molecular flexibility index (Phi) is 5.89. The first-order valence-electron chi connectivity index (χ1n) is 17.2. The van der Waals surface area contributed by atoms with Gasteiger partial charge in [-0.25, -0.2) is 0 Å². The van der Waals surface area contributed by atoms with Crippen LogP contribution in [0.5, 0.6) is 0 Å². The van der Waals surface area contributed by atoms with E-state index in [9.17, 15) is 0 Å². The van der Waals surface area contributed by atoms with Gasteiger partial charge in [0.15, 0.2) is 0 Å². The molecule has 1 nitrogen and oxygen atoms in total. The number of fused-ring (bicyclic) bond motifs is 10.